The van der Waals surface area contributed by atoms with Crippen LogP contribution in [-0.2, 0) is 6.42 Å². The number of hydrogen-bond donors (Lipinski definition) is 2. The molecule has 2 rings (SSSR count). The highest BCUT2D eigenvalue weighted by molar-refractivity contribution is 5.62. The maximum atomic E-state index is 13.4. The van der Waals surface area contributed by atoms with Gasteiger partial charge in [-0.05, 0) is 19.1 Å². The molecule has 3 N–H and O–H groups in total. The Labute approximate surface area is 105 Å². The number of nitrogens with zero attached hydrogens (tertiary/aromatic N) is 2. The smallest absolute Gasteiger partial charge is 0.136 e. The van der Waals surface area contributed by atoms with E-state index in [1.165, 1.54) is 6.07 Å². The van der Waals surface area contributed by atoms with Gasteiger partial charge in [0.15, 0.2) is 0 Å². The molecule has 1 aromatic heterocycles. The van der Waals surface area contributed by atoms with Gasteiger partial charge in [0.1, 0.15) is 23.3 Å². The van der Waals surface area contributed by atoms with Gasteiger partial charge in [0.05, 0.1) is 0 Å². The molecule has 0 spiro atoms. The van der Waals surface area contributed by atoms with Gasteiger partial charge in [-0.25, -0.2) is 14.4 Å². The molecule has 4 nitrogen and oxygen atoms in total. The topological polar surface area (TPSA) is 63.8 Å². The van der Waals surface area contributed by atoms with E-state index >= 15 is 0 Å². The van der Waals surface area contributed by atoms with E-state index in [1.54, 1.807) is 25.1 Å². The summed E-state index contributed by atoms with van der Waals surface area (Å²) >= 11 is 0. The van der Waals surface area contributed by atoms with Gasteiger partial charge in [-0.3, -0.25) is 0 Å². The lowest BCUT2D eigenvalue weighted by molar-refractivity contribution is 0.619. The summed E-state index contributed by atoms with van der Waals surface area (Å²) in [6.07, 6.45) is 0.696. The van der Waals surface area contributed by atoms with E-state index in [1.807, 2.05) is 6.92 Å². The summed E-state index contributed by atoms with van der Waals surface area (Å²) in [7, 11) is 0. The van der Waals surface area contributed by atoms with Crippen LogP contribution in [0.3, 0.4) is 0 Å². The minimum atomic E-state index is -0.252. The Bertz CT molecular complexity index is 569. The normalized spacial score (nSPS) is 10.4. The number of nitrogens with one attached hydrogen (secondary N) is 1. The predicted octanol–water partition coefficient (Wildman–Crippen LogP) is 2.81. The molecule has 5 heteroatoms. The predicted molar refractivity (Wildman–Crippen MR) is 70.2 cm³/mol. The Morgan fingerprint density at radius 1 is 1.33 bits per heavy atom. The first-order valence-corrected chi connectivity index (χ1v) is 5.75. The summed E-state index contributed by atoms with van der Waals surface area (Å²) in [6, 6.07) is 6.49. The molecule has 0 aliphatic carbocycles. The molecule has 0 amide bonds. The average Bonchev–Trinajstić information content (AvgIpc) is 2.34. The summed E-state index contributed by atoms with van der Waals surface area (Å²) < 4.78 is 13.4. The van der Waals surface area contributed by atoms with E-state index in [4.69, 9.17) is 5.73 Å². The zero-order valence-electron chi connectivity index (χ0n) is 10.4. The SMILES string of the molecule is CCc1nc(N)cc(Nc2cccc(F)c2C)n1. The number of anilines is 3. The molecule has 0 fully saturated rings. The lowest BCUT2D eigenvalue weighted by Gasteiger charge is -2.10. The molecule has 0 saturated heterocycles. The molecule has 0 bridgehead atoms. The minimum absolute atomic E-state index is 0.252. The Morgan fingerprint density at radius 2 is 2.11 bits per heavy atom. The van der Waals surface area contributed by atoms with Gasteiger partial charge in [0, 0.05) is 23.7 Å². The molecule has 94 valence electrons. The van der Waals surface area contributed by atoms with Crippen molar-refractivity contribution in [2.24, 2.45) is 0 Å². The van der Waals surface area contributed by atoms with E-state index in [9.17, 15) is 4.39 Å². The fourth-order valence-electron chi connectivity index (χ4n) is 1.62. The molecule has 0 radical (unpaired) electrons. The van der Waals surface area contributed by atoms with Crippen LogP contribution >= 0.6 is 0 Å². The lowest BCUT2D eigenvalue weighted by Crippen LogP contribution is -2.03. The Balaban J connectivity index is 2.34. The maximum Gasteiger partial charge on any atom is 0.136 e. The lowest BCUT2D eigenvalue weighted by atomic mass is 10.2. The monoisotopic (exact) mass is 246 g/mol. The third kappa shape index (κ3) is 2.56. The fourth-order valence-corrected chi connectivity index (χ4v) is 1.62. The molecule has 0 aliphatic heterocycles. The van der Waals surface area contributed by atoms with Gasteiger partial charge >= 0.3 is 0 Å². The molecule has 1 aromatic carbocycles. The van der Waals surface area contributed by atoms with Crippen molar-refractivity contribution >= 4 is 17.3 Å². The second kappa shape index (κ2) is 5.00. The second-order valence-corrected chi connectivity index (χ2v) is 3.99. The first-order valence-electron chi connectivity index (χ1n) is 5.75. The van der Waals surface area contributed by atoms with E-state index in [2.05, 4.69) is 15.3 Å². The first kappa shape index (κ1) is 12.3. The number of nitrogens with two attached hydrogens (primary N) is 1. The van der Waals surface area contributed by atoms with Gasteiger partial charge in [-0.15, -0.1) is 0 Å². The molecule has 0 aliphatic rings. The molecular formula is C13H15FN4. The van der Waals surface area contributed by atoms with Gasteiger partial charge in [-0.1, -0.05) is 13.0 Å². The van der Waals surface area contributed by atoms with Crippen molar-refractivity contribution in [3.05, 3.63) is 41.5 Å². The standard InChI is InChI=1S/C13H15FN4/c1-3-12-17-11(15)7-13(18-12)16-10-6-4-5-9(14)8(10)2/h4-7H,3H2,1-2H3,(H3,15,16,17,18). The third-order valence-electron chi connectivity index (χ3n) is 2.64. The first-order chi connectivity index (χ1) is 8.60. The zero-order valence-corrected chi connectivity index (χ0v) is 10.4. The Kier molecular flexibility index (Phi) is 3.41. The highest BCUT2D eigenvalue weighted by Gasteiger charge is 2.06. The van der Waals surface area contributed by atoms with Crippen LogP contribution < -0.4 is 11.1 Å². The van der Waals surface area contributed by atoms with Gasteiger partial charge in [0.25, 0.3) is 0 Å². The number of aromatic nitrogens is 2. The summed E-state index contributed by atoms with van der Waals surface area (Å²) in [5, 5.41) is 3.06. The van der Waals surface area contributed by atoms with Crippen LogP contribution in [0.2, 0.25) is 0 Å². The summed E-state index contributed by atoms with van der Waals surface area (Å²) in [5.74, 6) is 1.38. The van der Waals surface area contributed by atoms with E-state index in [0.29, 0.717) is 35.1 Å². The van der Waals surface area contributed by atoms with Gasteiger partial charge < -0.3 is 11.1 Å². The molecular weight excluding hydrogens is 231 g/mol. The molecule has 1 heterocycles. The van der Waals surface area contributed by atoms with Crippen LogP contribution in [0.4, 0.5) is 21.7 Å². The summed E-state index contributed by atoms with van der Waals surface area (Å²) in [4.78, 5) is 8.38. The van der Waals surface area contributed by atoms with E-state index in [0.717, 1.165) is 0 Å². The van der Waals surface area contributed by atoms with Crippen LogP contribution in [0, 0.1) is 12.7 Å². The summed E-state index contributed by atoms with van der Waals surface area (Å²) in [5.41, 5.74) is 6.92. The largest absolute Gasteiger partial charge is 0.384 e. The molecule has 18 heavy (non-hydrogen) atoms. The quantitative estimate of drug-likeness (QED) is 0.874. The molecule has 0 saturated carbocycles. The highest BCUT2D eigenvalue weighted by Crippen LogP contribution is 2.22. The van der Waals surface area contributed by atoms with Crippen molar-refractivity contribution in [1.82, 2.24) is 9.97 Å². The van der Waals surface area contributed by atoms with Crippen LogP contribution in [0.15, 0.2) is 24.3 Å². The molecule has 0 unspecified atom stereocenters. The molecule has 0 atom stereocenters. The van der Waals surface area contributed by atoms with Crippen molar-refractivity contribution in [3.63, 3.8) is 0 Å². The van der Waals surface area contributed by atoms with Gasteiger partial charge in [0.2, 0.25) is 0 Å². The minimum Gasteiger partial charge on any atom is -0.384 e. The van der Waals surface area contributed by atoms with Crippen molar-refractivity contribution in [1.29, 1.82) is 0 Å². The highest BCUT2D eigenvalue weighted by atomic mass is 19.1. The van der Waals surface area contributed by atoms with Crippen molar-refractivity contribution in [2.75, 3.05) is 11.1 Å². The fraction of sp³-hybridized carbons (Fsp3) is 0.231. The van der Waals surface area contributed by atoms with Crippen LogP contribution in [0.5, 0.6) is 0 Å². The zero-order chi connectivity index (χ0) is 13.1. The number of halogens is 1. The van der Waals surface area contributed by atoms with E-state index in [-0.39, 0.29) is 5.82 Å². The third-order valence-corrected chi connectivity index (χ3v) is 2.64. The second-order valence-electron chi connectivity index (χ2n) is 3.99. The number of aryl methyl sites for hydroxylation is 1. The van der Waals surface area contributed by atoms with Crippen molar-refractivity contribution in [2.45, 2.75) is 20.3 Å². The Morgan fingerprint density at radius 3 is 2.83 bits per heavy atom. The number of rotatable bonds is 3. The van der Waals surface area contributed by atoms with Gasteiger partial charge in [-0.2, -0.15) is 0 Å². The average molecular weight is 246 g/mol. The van der Waals surface area contributed by atoms with Crippen LogP contribution in [-0.4, -0.2) is 9.97 Å². The molecule has 2 aromatic rings. The van der Waals surface area contributed by atoms with Crippen molar-refractivity contribution < 1.29 is 4.39 Å². The van der Waals surface area contributed by atoms with Crippen molar-refractivity contribution in [3.8, 4) is 0 Å². The van der Waals surface area contributed by atoms with Crippen LogP contribution in [0.1, 0.15) is 18.3 Å². The number of nitrogen functional groups attached to an aromatic ring is 1. The Hall–Kier alpha value is -2.17. The maximum absolute atomic E-state index is 13.4. The summed E-state index contributed by atoms with van der Waals surface area (Å²) in [6.45, 7) is 3.66. The number of benzene rings is 1. The number of hydrogen-bond acceptors (Lipinski definition) is 4. The van der Waals surface area contributed by atoms with Crippen LogP contribution in [0.25, 0.3) is 0 Å². The van der Waals surface area contributed by atoms with E-state index < -0.39 is 0 Å².